The number of nitrogen functional groups attached to an aromatic ring is 1. The molecule has 6 nitrogen and oxygen atoms in total. The fourth-order valence-corrected chi connectivity index (χ4v) is 3.05. The first kappa shape index (κ1) is 21.4. The lowest BCUT2D eigenvalue weighted by atomic mass is 9.98. The van der Waals surface area contributed by atoms with Crippen molar-refractivity contribution in [3.63, 3.8) is 0 Å². The van der Waals surface area contributed by atoms with Crippen LogP contribution in [0.1, 0.15) is 24.1 Å². The number of amides is 1. The maximum atomic E-state index is 13.4. The number of hydrogen-bond donors (Lipinski definition) is 3. The second-order valence-corrected chi connectivity index (χ2v) is 6.99. The van der Waals surface area contributed by atoms with E-state index in [0.717, 1.165) is 11.1 Å². The van der Waals surface area contributed by atoms with E-state index in [4.69, 9.17) is 22.1 Å². The van der Waals surface area contributed by atoms with Gasteiger partial charge in [0.05, 0.1) is 18.3 Å². The van der Waals surface area contributed by atoms with Crippen molar-refractivity contribution in [1.29, 1.82) is 0 Å². The number of carbonyl (C=O) groups is 1. The average molecular weight is 429 g/mol. The number of nitrogens with zero attached hydrogens (tertiary/aromatic N) is 1. The molecule has 1 heterocycles. The fourth-order valence-electron chi connectivity index (χ4n) is 2.92. The highest BCUT2D eigenvalue weighted by molar-refractivity contribution is 6.30. The van der Waals surface area contributed by atoms with E-state index in [-0.39, 0.29) is 24.3 Å². The van der Waals surface area contributed by atoms with E-state index < -0.39 is 6.09 Å². The van der Waals surface area contributed by atoms with Gasteiger partial charge < -0.3 is 15.8 Å². The van der Waals surface area contributed by atoms with Gasteiger partial charge in [-0.2, -0.15) is 0 Å². The summed E-state index contributed by atoms with van der Waals surface area (Å²) in [7, 11) is 0. The third kappa shape index (κ3) is 5.84. The number of anilines is 3. The predicted molar refractivity (Wildman–Crippen MR) is 117 cm³/mol. The van der Waals surface area contributed by atoms with Gasteiger partial charge >= 0.3 is 6.09 Å². The van der Waals surface area contributed by atoms with Crippen molar-refractivity contribution in [3.8, 4) is 0 Å². The van der Waals surface area contributed by atoms with E-state index in [1.807, 2.05) is 24.3 Å². The third-order valence-corrected chi connectivity index (χ3v) is 4.64. The Morgan fingerprint density at radius 2 is 1.83 bits per heavy atom. The number of hydrogen-bond acceptors (Lipinski definition) is 5. The first-order chi connectivity index (χ1) is 14.4. The Hall–Kier alpha value is -3.32. The van der Waals surface area contributed by atoms with Crippen LogP contribution in [0.5, 0.6) is 0 Å². The molecule has 0 aliphatic rings. The molecule has 3 rings (SSSR count). The first-order valence-electron chi connectivity index (χ1n) is 9.41. The third-order valence-electron chi connectivity index (χ3n) is 4.38. The Balaban J connectivity index is 1.81. The van der Waals surface area contributed by atoms with Crippen LogP contribution in [0.25, 0.3) is 0 Å². The summed E-state index contributed by atoms with van der Waals surface area (Å²) in [6, 6.07) is 17.0. The normalized spacial score (nSPS) is 11.6. The van der Waals surface area contributed by atoms with Crippen molar-refractivity contribution in [2.45, 2.75) is 19.4 Å². The number of pyridine rings is 1. The highest BCUT2D eigenvalue weighted by Crippen LogP contribution is 2.26. The maximum absolute atomic E-state index is 13.4. The van der Waals surface area contributed by atoms with Gasteiger partial charge in [0.25, 0.3) is 0 Å². The van der Waals surface area contributed by atoms with Crippen molar-refractivity contribution in [3.05, 3.63) is 82.6 Å². The summed E-state index contributed by atoms with van der Waals surface area (Å²) in [5.74, 6) is 0.364. The summed E-state index contributed by atoms with van der Waals surface area (Å²) in [4.78, 5) is 15.9. The van der Waals surface area contributed by atoms with Crippen LogP contribution in [-0.4, -0.2) is 17.7 Å². The van der Waals surface area contributed by atoms with Gasteiger partial charge in [-0.1, -0.05) is 35.9 Å². The molecule has 156 valence electrons. The number of nitrogens with one attached hydrogen (secondary N) is 2. The first-order valence-corrected chi connectivity index (χ1v) is 9.79. The van der Waals surface area contributed by atoms with Crippen LogP contribution in [0.2, 0.25) is 5.02 Å². The van der Waals surface area contributed by atoms with Gasteiger partial charge in [-0.05, 0) is 60.9 Å². The van der Waals surface area contributed by atoms with Crippen LogP contribution >= 0.6 is 11.6 Å². The minimum atomic E-state index is -0.598. The van der Waals surface area contributed by atoms with Crippen molar-refractivity contribution in [2.75, 3.05) is 23.0 Å². The zero-order valence-corrected chi connectivity index (χ0v) is 17.1. The van der Waals surface area contributed by atoms with Gasteiger partial charge in [0.1, 0.15) is 17.5 Å². The molecule has 4 N–H and O–H groups in total. The number of ether oxygens (including phenoxy) is 1. The van der Waals surface area contributed by atoms with Crippen LogP contribution in [-0.2, 0) is 11.2 Å². The highest BCUT2D eigenvalue weighted by atomic mass is 35.5. The van der Waals surface area contributed by atoms with Crippen LogP contribution in [0, 0.1) is 5.82 Å². The quantitative estimate of drug-likeness (QED) is 0.467. The molecular formula is C22H22ClFN4O2. The molecule has 0 fully saturated rings. The van der Waals surface area contributed by atoms with E-state index in [9.17, 15) is 9.18 Å². The molecule has 1 unspecified atom stereocenters. The molecule has 0 spiro atoms. The summed E-state index contributed by atoms with van der Waals surface area (Å²) in [6.45, 7) is 1.97. The van der Waals surface area contributed by atoms with Gasteiger partial charge in [-0.25, -0.2) is 14.2 Å². The predicted octanol–water partition coefficient (Wildman–Crippen LogP) is 5.42. The number of halogens is 2. The zero-order chi connectivity index (χ0) is 21.5. The van der Waals surface area contributed by atoms with Crippen molar-refractivity contribution < 1.29 is 13.9 Å². The van der Waals surface area contributed by atoms with Gasteiger partial charge in [-0.15, -0.1) is 0 Å². The molecule has 0 saturated heterocycles. The van der Waals surface area contributed by atoms with Crippen LogP contribution < -0.4 is 16.4 Å². The molecule has 30 heavy (non-hydrogen) atoms. The van der Waals surface area contributed by atoms with E-state index in [1.165, 1.54) is 12.1 Å². The Kier molecular flexibility index (Phi) is 7.08. The van der Waals surface area contributed by atoms with Gasteiger partial charge in [-0.3, -0.25) is 5.32 Å². The lowest BCUT2D eigenvalue weighted by Crippen LogP contribution is -2.17. The summed E-state index contributed by atoms with van der Waals surface area (Å²) in [5, 5.41) is 6.53. The Morgan fingerprint density at radius 3 is 2.47 bits per heavy atom. The topological polar surface area (TPSA) is 89.3 Å². The minimum absolute atomic E-state index is 0.150. The fraction of sp³-hybridized carbons (Fsp3) is 0.182. The molecule has 0 aliphatic carbocycles. The number of carbonyl (C=O) groups excluding carboxylic acids is 1. The molecule has 0 aliphatic heterocycles. The second kappa shape index (κ2) is 9.93. The average Bonchev–Trinajstić information content (AvgIpc) is 2.72. The summed E-state index contributed by atoms with van der Waals surface area (Å²) in [5.41, 5.74) is 8.28. The Bertz CT molecular complexity index is 997. The Morgan fingerprint density at radius 1 is 1.13 bits per heavy atom. The van der Waals surface area contributed by atoms with Crippen LogP contribution in [0.4, 0.5) is 26.5 Å². The molecule has 2 aromatic carbocycles. The molecule has 1 amide bonds. The molecule has 1 atom stereocenters. The monoisotopic (exact) mass is 428 g/mol. The molecular weight excluding hydrogens is 407 g/mol. The minimum Gasteiger partial charge on any atom is -0.450 e. The molecule has 0 bridgehead atoms. The molecule has 0 radical (unpaired) electrons. The standard InChI is InChI=1S/C22H22ClFN4O2/c1-2-30-22(29)27-18-11-12-20(28-21(18)25)26-19(15-5-9-17(24)10-6-15)13-14-3-7-16(23)8-4-14/h3-12,19H,2,13H2,1H3,(H,27,29)(H3,25,26,28). The van der Waals surface area contributed by atoms with Crippen molar-refractivity contribution in [1.82, 2.24) is 4.98 Å². The largest absolute Gasteiger partial charge is 0.450 e. The smallest absolute Gasteiger partial charge is 0.411 e. The maximum Gasteiger partial charge on any atom is 0.411 e. The van der Waals surface area contributed by atoms with E-state index in [2.05, 4.69) is 15.6 Å². The SMILES string of the molecule is CCOC(=O)Nc1ccc(NC(Cc2ccc(Cl)cc2)c2ccc(F)cc2)nc1N. The summed E-state index contributed by atoms with van der Waals surface area (Å²) < 4.78 is 18.2. The number of nitrogens with two attached hydrogens (primary N) is 1. The van der Waals surface area contributed by atoms with E-state index in [0.29, 0.717) is 22.9 Å². The second-order valence-electron chi connectivity index (χ2n) is 6.55. The molecule has 8 heteroatoms. The summed E-state index contributed by atoms with van der Waals surface area (Å²) in [6.07, 6.45) is 0.0198. The van der Waals surface area contributed by atoms with E-state index >= 15 is 0 Å². The van der Waals surface area contributed by atoms with Crippen LogP contribution in [0.15, 0.2) is 60.7 Å². The molecule has 0 saturated carbocycles. The molecule has 1 aromatic heterocycles. The van der Waals surface area contributed by atoms with Gasteiger partial charge in [0, 0.05) is 5.02 Å². The van der Waals surface area contributed by atoms with Gasteiger partial charge in [0.2, 0.25) is 0 Å². The Labute approximate surface area is 179 Å². The van der Waals surface area contributed by atoms with Gasteiger partial charge in [0.15, 0.2) is 0 Å². The number of rotatable bonds is 7. The zero-order valence-electron chi connectivity index (χ0n) is 16.4. The van der Waals surface area contributed by atoms with Crippen molar-refractivity contribution >= 4 is 35.0 Å². The molecule has 3 aromatic rings. The number of aromatic nitrogens is 1. The summed E-state index contributed by atoms with van der Waals surface area (Å²) >= 11 is 5.98. The van der Waals surface area contributed by atoms with Crippen LogP contribution in [0.3, 0.4) is 0 Å². The lowest BCUT2D eigenvalue weighted by Gasteiger charge is -2.21. The lowest BCUT2D eigenvalue weighted by molar-refractivity contribution is 0.168. The van der Waals surface area contributed by atoms with E-state index in [1.54, 1.807) is 31.2 Å². The number of benzene rings is 2. The highest BCUT2D eigenvalue weighted by Gasteiger charge is 2.15. The van der Waals surface area contributed by atoms with Crippen molar-refractivity contribution in [2.24, 2.45) is 0 Å².